The number of thioether (sulfide) groups is 1. The highest BCUT2D eigenvalue weighted by molar-refractivity contribution is 8.04. The third kappa shape index (κ3) is 3.24. The first-order chi connectivity index (χ1) is 13.0. The summed E-state index contributed by atoms with van der Waals surface area (Å²) in [6.45, 7) is 1.63. The minimum absolute atomic E-state index is 0.0255. The number of carboxylic acid groups (broad SMARTS) is 1. The lowest BCUT2D eigenvalue weighted by molar-refractivity contribution is -0.156. The number of aliphatic hydroxyl groups is 1. The van der Waals surface area contributed by atoms with E-state index in [1.54, 1.807) is 19.3 Å². The van der Waals surface area contributed by atoms with Crippen LogP contribution in [0.15, 0.2) is 39.5 Å². The molecule has 2 aromatic heterocycles. The fraction of sp³-hybridized carbons (Fsp3) is 0.353. The molecule has 0 radical (unpaired) electrons. The number of aliphatic carboxylic acids is 1. The zero-order valence-corrected chi connectivity index (χ0v) is 15.9. The van der Waals surface area contributed by atoms with Crippen molar-refractivity contribution < 1.29 is 19.8 Å². The molecule has 0 aliphatic carbocycles. The van der Waals surface area contributed by atoms with Gasteiger partial charge in [-0.05, 0) is 25.5 Å². The molecule has 2 aliphatic heterocycles. The Balaban J connectivity index is 1.56. The summed E-state index contributed by atoms with van der Waals surface area (Å²) < 4.78 is 0.623. The Kier molecular flexibility index (Phi) is 4.70. The van der Waals surface area contributed by atoms with Crippen LogP contribution in [0.4, 0.5) is 0 Å². The molecule has 0 aromatic carbocycles. The molecule has 1 fully saturated rings. The smallest absolute Gasteiger partial charge is 0.353 e. The van der Waals surface area contributed by atoms with Crippen molar-refractivity contribution in [3.8, 4) is 10.6 Å². The molecule has 2 aliphatic rings. The zero-order valence-electron chi connectivity index (χ0n) is 14.3. The summed E-state index contributed by atoms with van der Waals surface area (Å²) in [6.07, 6.45) is 3.54. The van der Waals surface area contributed by atoms with Crippen LogP contribution in [-0.2, 0) is 9.59 Å². The lowest BCUT2D eigenvalue weighted by atomic mass is 9.83. The predicted molar refractivity (Wildman–Crippen MR) is 98.7 cm³/mol. The van der Waals surface area contributed by atoms with E-state index < -0.39 is 12.1 Å². The van der Waals surface area contributed by atoms with Crippen LogP contribution in [0.5, 0.6) is 0 Å². The molecule has 8 nitrogen and oxygen atoms in total. The van der Waals surface area contributed by atoms with E-state index in [2.05, 4.69) is 15.2 Å². The molecule has 0 saturated carbocycles. The van der Waals surface area contributed by atoms with Gasteiger partial charge in [0, 0.05) is 29.3 Å². The van der Waals surface area contributed by atoms with Gasteiger partial charge in [0.2, 0.25) is 5.91 Å². The number of amides is 1. The standard InChI is InChI=1S/C17H16N4O4S2/c1-8(22)6-10-11-7-12(13(16(24)25)21(11)15(10)23)26-17-20-19-14(27-17)9-2-4-18-5-3-9/h2-5,8,10-11,22H,6-7H2,1H3,(H,24,25)/t8?,10-,11-/m1/s1. The summed E-state index contributed by atoms with van der Waals surface area (Å²) in [5.74, 6) is -1.69. The molecule has 2 aromatic rings. The van der Waals surface area contributed by atoms with Gasteiger partial charge in [-0.2, -0.15) is 0 Å². The van der Waals surface area contributed by atoms with E-state index in [1.807, 2.05) is 12.1 Å². The van der Waals surface area contributed by atoms with Gasteiger partial charge >= 0.3 is 5.97 Å². The monoisotopic (exact) mass is 404 g/mol. The van der Waals surface area contributed by atoms with Gasteiger partial charge < -0.3 is 15.1 Å². The van der Waals surface area contributed by atoms with Gasteiger partial charge in [0.15, 0.2) is 4.34 Å². The van der Waals surface area contributed by atoms with Gasteiger partial charge in [-0.25, -0.2) is 4.79 Å². The molecule has 3 atom stereocenters. The fourth-order valence-electron chi connectivity index (χ4n) is 3.44. The average molecular weight is 404 g/mol. The van der Waals surface area contributed by atoms with Crippen LogP contribution in [0, 0.1) is 5.92 Å². The van der Waals surface area contributed by atoms with Crippen LogP contribution in [-0.4, -0.2) is 54.3 Å². The van der Waals surface area contributed by atoms with Crippen LogP contribution in [0.3, 0.4) is 0 Å². The number of rotatable bonds is 6. The third-order valence-corrected chi connectivity index (χ3v) is 6.72. The van der Waals surface area contributed by atoms with Crippen molar-refractivity contribution in [2.75, 3.05) is 0 Å². The van der Waals surface area contributed by atoms with Crippen LogP contribution < -0.4 is 0 Å². The molecular formula is C17H16N4O4S2. The van der Waals surface area contributed by atoms with E-state index >= 15 is 0 Å². The van der Waals surface area contributed by atoms with Gasteiger partial charge in [0.05, 0.1) is 18.1 Å². The highest BCUT2D eigenvalue weighted by Gasteiger charge is 2.55. The Morgan fingerprint density at radius 2 is 2.15 bits per heavy atom. The summed E-state index contributed by atoms with van der Waals surface area (Å²) in [5, 5.41) is 28.2. The molecule has 0 spiro atoms. The van der Waals surface area contributed by atoms with E-state index in [0.29, 0.717) is 22.1 Å². The molecule has 1 amide bonds. The maximum atomic E-state index is 12.4. The normalized spacial score (nSPS) is 22.6. The third-order valence-electron chi connectivity index (χ3n) is 4.59. The van der Waals surface area contributed by atoms with Crippen molar-refractivity contribution in [3.63, 3.8) is 0 Å². The van der Waals surface area contributed by atoms with E-state index in [9.17, 15) is 19.8 Å². The second-order valence-corrected chi connectivity index (χ2v) is 8.78. The van der Waals surface area contributed by atoms with E-state index in [1.165, 1.54) is 28.0 Å². The van der Waals surface area contributed by atoms with Gasteiger partial charge in [0.1, 0.15) is 10.7 Å². The number of nitrogens with zero attached hydrogens (tertiary/aromatic N) is 4. The number of carbonyl (C=O) groups is 2. The van der Waals surface area contributed by atoms with Crippen molar-refractivity contribution in [2.45, 2.75) is 36.3 Å². The van der Waals surface area contributed by atoms with Crippen molar-refractivity contribution in [3.05, 3.63) is 35.1 Å². The quantitative estimate of drug-likeness (QED) is 0.702. The number of carboxylic acids is 1. The molecule has 1 saturated heterocycles. The van der Waals surface area contributed by atoms with E-state index in [4.69, 9.17) is 0 Å². The Labute approximate surface area is 162 Å². The Bertz CT molecular complexity index is 928. The average Bonchev–Trinajstić information content (AvgIpc) is 3.24. The number of β-lactam (4-membered cyclic amide) rings is 1. The van der Waals surface area contributed by atoms with Gasteiger partial charge in [0.25, 0.3) is 0 Å². The van der Waals surface area contributed by atoms with Crippen LogP contribution in [0.1, 0.15) is 19.8 Å². The highest BCUT2D eigenvalue weighted by atomic mass is 32.2. The van der Waals surface area contributed by atoms with Crippen molar-refractivity contribution in [1.29, 1.82) is 0 Å². The maximum absolute atomic E-state index is 12.4. The second-order valence-electron chi connectivity index (χ2n) is 6.46. The Morgan fingerprint density at radius 3 is 2.81 bits per heavy atom. The molecular weight excluding hydrogens is 388 g/mol. The largest absolute Gasteiger partial charge is 0.477 e. The van der Waals surface area contributed by atoms with Crippen molar-refractivity contribution >= 4 is 35.0 Å². The molecule has 27 heavy (non-hydrogen) atoms. The van der Waals surface area contributed by atoms with E-state index in [-0.39, 0.29) is 23.6 Å². The van der Waals surface area contributed by atoms with Crippen LogP contribution in [0.25, 0.3) is 10.6 Å². The fourth-order valence-corrected chi connectivity index (χ4v) is 5.56. The molecule has 2 N–H and O–H groups in total. The summed E-state index contributed by atoms with van der Waals surface area (Å²) in [6, 6.07) is 3.46. The lowest BCUT2D eigenvalue weighted by Crippen LogP contribution is -2.59. The molecule has 1 unspecified atom stereocenters. The predicted octanol–water partition coefficient (Wildman–Crippen LogP) is 1.99. The minimum atomic E-state index is -1.12. The number of fused-ring (bicyclic) bond motifs is 1. The first kappa shape index (κ1) is 18.1. The topological polar surface area (TPSA) is 117 Å². The minimum Gasteiger partial charge on any atom is -0.477 e. The Morgan fingerprint density at radius 1 is 1.41 bits per heavy atom. The number of carbonyl (C=O) groups excluding carboxylic acids is 1. The summed E-state index contributed by atoms with van der Waals surface area (Å²) in [7, 11) is 0. The van der Waals surface area contributed by atoms with Crippen LogP contribution in [0.2, 0.25) is 0 Å². The number of hydrogen-bond acceptors (Lipinski definition) is 8. The Hall–Kier alpha value is -2.30. The summed E-state index contributed by atoms with van der Waals surface area (Å²) >= 11 is 2.61. The molecule has 4 rings (SSSR count). The maximum Gasteiger partial charge on any atom is 0.353 e. The van der Waals surface area contributed by atoms with Crippen molar-refractivity contribution in [1.82, 2.24) is 20.1 Å². The lowest BCUT2D eigenvalue weighted by Gasteiger charge is -2.43. The first-order valence-electron chi connectivity index (χ1n) is 8.35. The van der Waals surface area contributed by atoms with Gasteiger partial charge in [-0.15, -0.1) is 10.2 Å². The van der Waals surface area contributed by atoms with Crippen LogP contribution >= 0.6 is 23.1 Å². The summed E-state index contributed by atoms with van der Waals surface area (Å²) in [5.41, 5.74) is 0.918. The summed E-state index contributed by atoms with van der Waals surface area (Å²) in [4.78, 5) is 30.0. The molecule has 0 bridgehead atoms. The first-order valence-corrected chi connectivity index (χ1v) is 9.98. The number of pyridine rings is 1. The molecule has 4 heterocycles. The second kappa shape index (κ2) is 7.02. The van der Waals surface area contributed by atoms with Crippen molar-refractivity contribution in [2.24, 2.45) is 5.92 Å². The molecule has 10 heteroatoms. The SMILES string of the molecule is CC(O)C[C@H]1C(=O)N2C(C(=O)O)=C(Sc3nnc(-c4ccncc4)s3)C[C@H]12. The number of aromatic nitrogens is 3. The zero-order chi connectivity index (χ0) is 19.1. The number of aliphatic hydroxyl groups excluding tert-OH is 1. The van der Waals surface area contributed by atoms with Gasteiger partial charge in [-0.3, -0.25) is 9.78 Å². The molecule has 140 valence electrons. The highest BCUT2D eigenvalue weighted by Crippen LogP contribution is 2.49. The van der Waals surface area contributed by atoms with E-state index in [0.717, 1.165) is 10.6 Å². The number of hydrogen-bond donors (Lipinski definition) is 2. The van der Waals surface area contributed by atoms with Gasteiger partial charge in [-0.1, -0.05) is 23.1 Å².